The van der Waals surface area contributed by atoms with Crippen LogP contribution in [-0.4, -0.2) is 24.1 Å². The molecule has 0 aliphatic heterocycles. The fraction of sp³-hybridized carbons (Fsp3) is 0. The maximum Gasteiger partial charge on any atom is 0.166 e. The average molecular weight is 880 g/mol. The van der Waals surface area contributed by atoms with Crippen LogP contribution >= 0.6 is 0 Å². The van der Waals surface area contributed by atoms with Crippen molar-refractivity contribution in [2.45, 2.75) is 0 Å². The molecule has 0 aliphatic carbocycles. The predicted molar refractivity (Wildman–Crippen MR) is 285 cm³/mol. The van der Waals surface area contributed by atoms with Gasteiger partial charge in [0.1, 0.15) is 11.2 Å². The molecule has 15 aromatic rings. The lowest BCUT2D eigenvalue weighted by molar-refractivity contribution is 0.669. The van der Waals surface area contributed by atoms with Crippen LogP contribution in [0.1, 0.15) is 0 Å². The van der Waals surface area contributed by atoms with E-state index in [1.807, 2.05) is 0 Å². The molecule has 6 heteroatoms. The van der Waals surface area contributed by atoms with Gasteiger partial charge in [0, 0.05) is 60.8 Å². The highest BCUT2D eigenvalue weighted by molar-refractivity contribution is 6.17. The van der Waals surface area contributed by atoms with E-state index in [0.29, 0.717) is 17.5 Å². The van der Waals surface area contributed by atoms with Gasteiger partial charge in [-0.25, -0.2) is 15.0 Å². The first-order valence-electron chi connectivity index (χ1n) is 23.3. The van der Waals surface area contributed by atoms with Crippen LogP contribution in [0, 0.1) is 0 Å². The van der Waals surface area contributed by atoms with Gasteiger partial charge < -0.3 is 13.6 Å². The van der Waals surface area contributed by atoms with Crippen LogP contribution in [0.15, 0.2) is 229 Å². The van der Waals surface area contributed by atoms with Crippen molar-refractivity contribution in [3.8, 4) is 45.5 Å². The number of aromatic nitrogens is 5. The Morgan fingerprint density at radius 3 is 1.57 bits per heavy atom. The molecular formula is C63H37N5O. The molecule has 0 unspecified atom stereocenters. The topological polar surface area (TPSA) is 61.7 Å². The molecule has 0 atom stereocenters. The third-order valence-corrected chi connectivity index (χ3v) is 14.1. The molecule has 11 aromatic carbocycles. The molecule has 4 heterocycles. The van der Waals surface area contributed by atoms with Crippen LogP contribution in [0.3, 0.4) is 0 Å². The fourth-order valence-corrected chi connectivity index (χ4v) is 11.0. The highest BCUT2D eigenvalue weighted by atomic mass is 16.3. The minimum atomic E-state index is 0.561. The maximum absolute atomic E-state index is 6.88. The van der Waals surface area contributed by atoms with Gasteiger partial charge in [-0.3, -0.25) is 0 Å². The van der Waals surface area contributed by atoms with Crippen molar-refractivity contribution in [1.82, 2.24) is 24.1 Å². The Bertz CT molecular complexity index is 4610. The van der Waals surface area contributed by atoms with Gasteiger partial charge >= 0.3 is 0 Å². The van der Waals surface area contributed by atoms with E-state index in [9.17, 15) is 0 Å². The molecule has 0 bridgehead atoms. The van der Waals surface area contributed by atoms with Crippen molar-refractivity contribution in [3.05, 3.63) is 224 Å². The molecule has 0 aliphatic rings. The fourth-order valence-electron chi connectivity index (χ4n) is 11.0. The second-order valence-corrected chi connectivity index (χ2v) is 18.0. The quantitative estimate of drug-likeness (QED) is 0.173. The molecule has 6 nitrogen and oxygen atoms in total. The number of rotatable bonds is 5. The third-order valence-electron chi connectivity index (χ3n) is 14.1. The van der Waals surface area contributed by atoms with E-state index < -0.39 is 0 Å². The lowest BCUT2D eigenvalue weighted by Gasteiger charge is -2.16. The van der Waals surface area contributed by atoms with Gasteiger partial charge in [0.15, 0.2) is 17.5 Å². The zero-order valence-electron chi connectivity index (χ0n) is 37.0. The van der Waals surface area contributed by atoms with Gasteiger partial charge in [-0.05, 0) is 93.0 Å². The summed E-state index contributed by atoms with van der Waals surface area (Å²) < 4.78 is 11.6. The normalized spacial score (nSPS) is 12.1. The smallest absolute Gasteiger partial charge is 0.166 e. The Labute approximate surface area is 394 Å². The first kappa shape index (κ1) is 37.8. The second-order valence-electron chi connectivity index (χ2n) is 18.0. The second kappa shape index (κ2) is 14.6. The van der Waals surface area contributed by atoms with E-state index in [2.05, 4.69) is 234 Å². The molecule has 4 aromatic heterocycles. The van der Waals surface area contributed by atoms with Gasteiger partial charge in [-0.1, -0.05) is 158 Å². The van der Waals surface area contributed by atoms with Crippen LogP contribution in [0.4, 0.5) is 0 Å². The van der Waals surface area contributed by atoms with Crippen molar-refractivity contribution < 1.29 is 4.42 Å². The lowest BCUT2D eigenvalue weighted by Crippen LogP contribution is -2.04. The summed E-state index contributed by atoms with van der Waals surface area (Å²) in [5.74, 6) is 1.75. The maximum atomic E-state index is 6.88. The van der Waals surface area contributed by atoms with E-state index in [0.717, 1.165) is 115 Å². The number of furan rings is 1. The first-order chi connectivity index (χ1) is 34.2. The van der Waals surface area contributed by atoms with E-state index in [-0.39, 0.29) is 0 Å². The van der Waals surface area contributed by atoms with Crippen molar-refractivity contribution in [1.29, 1.82) is 0 Å². The van der Waals surface area contributed by atoms with Crippen LogP contribution in [0.5, 0.6) is 0 Å². The number of fused-ring (bicyclic) bond motifs is 12. The van der Waals surface area contributed by atoms with Gasteiger partial charge in [0.2, 0.25) is 0 Å². The minimum Gasteiger partial charge on any atom is -0.456 e. The molecular weight excluding hydrogens is 843 g/mol. The first-order valence-corrected chi connectivity index (χ1v) is 23.3. The number of para-hydroxylation sites is 3. The summed E-state index contributed by atoms with van der Waals surface area (Å²) in [5.41, 5.74) is 10.7. The van der Waals surface area contributed by atoms with Gasteiger partial charge in [-0.15, -0.1) is 0 Å². The summed E-state index contributed by atoms with van der Waals surface area (Å²) >= 11 is 0. The largest absolute Gasteiger partial charge is 0.456 e. The van der Waals surface area contributed by atoms with E-state index in [4.69, 9.17) is 19.4 Å². The number of benzene rings is 11. The summed E-state index contributed by atoms with van der Waals surface area (Å²) in [6.07, 6.45) is 0. The summed E-state index contributed by atoms with van der Waals surface area (Å²) in [6, 6.07) is 79.7. The Hall–Kier alpha value is -9.39. The number of nitrogens with zero attached hydrogens (tertiary/aromatic N) is 5. The monoisotopic (exact) mass is 879 g/mol. The highest BCUT2D eigenvalue weighted by Crippen LogP contribution is 2.44. The third kappa shape index (κ3) is 5.69. The van der Waals surface area contributed by atoms with Gasteiger partial charge in [-0.2, -0.15) is 0 Å². The summed E-state index contributed by atoms with van der Waals surface area (Å²) in [7, 11) is 0. The van der Waals surface area contributed by atoms with Crippen LogP contribution in [-0.2, 0) is 0 Å². The lowest BCUT2D eigenvalue weighted by atomic mass is 10.0. The van der Waals surface area contributed by atoms with E-state index in [1.165, 1.54) is 10.8 Å². The van der Waals surface area contributed by atoms with Crippen molar-refractivity contribution in [2.24, 2.45) is 0 Å². The Balaban J connectivity index is 1.09. The van der Waals surface area contributed by atoms with Crippen molar-refractivity contribution in [2.75, 3.05) is 0 Å². The molecule has 69 heavy (non-hydrogen) atoms. The Kier molecular flexibility index (Phi) is 7.97. The van der Waals surface area contributed by atoms with E-state index in [1.54, 1.807) is 0 Å². The standard InChI is InChI=1S/C63H37N5O/c1-2-22-43(23-3-1)67-54-30-13-11-26-47(54)60-48(28-15-31-55(60)67)62-64-61(46-27-14-21-38-16-8-9-24-44(38)46)65-63(66-62)52-36-51-50-33-40-18-5-7-20-42(40)35-58(50)69-59(51)37-57(52)68-53-29-12-10-25-45(53)49-32-39-17-4-6-19-41(39)34-56(49)68/h1-37H. The predicted octanol–water partition coefficient (Wildman–Crippen LogP) is 16.4. The summed E-state index contributed by atoms with van der Waals surface area (Å²) in [6.45, 7) is 0. The van der Waals surface area contributed by atoms with Gasteiger partial charge in [0.25, 0.3) is 0 Å². The summed E-state index contributed by atoms with van der Waals surface area (Å²) in [5, 5.41) is 13.4. The zero-order chi connectivity index (χ0) is 45.2. The molecule has 0 amide bonds. The Morgan fingerprint density at radius 2 is 0.797 bits per heavy atom. The molecule has 0 radical (unpaired) electrons. The molecule has 0 saturated carbocycles. The molecule has 0 saturated heterocycles. The summed E-state index contributed by atoms with van der Waals surface area (Å²) in [4.78, 5) is 16.7. The van der Waals surface area contributed by atoms with Crippen LogP contribution in [0.2, 0.25) is 0 Å². The Morgan fingerprint density at radius 1 is 0.290 bits per heavy atom. The SMILES string of the molecule is c1ccc(-n2c3ccccc3c3c(-c4nc(-c5cc6c(cc5-n5c7ccccc7c7cc8ccccc8cc75)oc5cc7ccccc7cc56)nc(-c5cccc6ccccc56)n4)cccc32)cc1. The highest BCUT2D eigenvalue weighted by Gasteiger charge is 2.25. The number of hydrogen-bond donors (Lipinski definition) is 0. The molecule has 320 valence electrons. The van der Waals surface area contributed by atoms with Crippen molar-refractivity contribution >= 4 is 97.9 Å². The molecule has 15 rings (SSSR count). The van der Waals surface area contributed by atoms with Crippen LogP contribution < -0.4 is 0 Å². The average Bonchev–Trinajstić information content (AvgIpc) is 4.05. The van der Waals surface area contributed by atoms with Gasteiger partial charge in [0.05, 0.1) is 27.8 Å². The number of hydrogen-bond acceptors (Lipinski definition) is 4. The van der Waals surface area contributed by atoms with Crippen molar-refractivity contribution in [3.63, 3.8) is 0 Å². The van der Waals surface area contributed by atoms with E-state index >= 15 is 0 Å². The van der Waals surface area contributed by atoms with Crippen LogP contribution in [0.25, 0.3) is 143 Å². The molecule has 0 spiro atoms. The molecule has 0 fully saturated rings. The zero-order valence-corrected chi connectivity index (χ0v) is 37.0. The molecule has 0 N–H and O–H groups in total. The minimum absolute atomic E-state index is 0.561.